The second-order valence-corrected chi connectivity index (χ2v) is 6.62. The summed E-state index contributed by atoms with van der Waals surface area (Å²) >= 11 is 11.8. The van der Waals surface area contributed by atoms with Crippen LogP contribution in [0.4, 0.5) is 0 Å². The normalized spacial score (nSPS) is 11.8. The van der Waals surface area contributed by atoms with Gasteiger partial charge >= 0.3 is 5.97 Å². The molecular weight excluding hydrogens is 367 g/mol. The van der Waals surface area contributed by atoms with E-state index >= 15 is 0 Å². The zero-order chi connectivity index (χ0) is 19.0. The van der Waals surface area contributed by atoms with Crippen LogP contribution in [0, 0.1) is 5.92 Å². The number of halogens is 2. The van der Waals surface area contributed by atoms with Crippen LogP contribution in [0.2, 0.25) is 10.0 Å². The molecule has 0 heterocycles. The number of hydrogen-bond donors (Lipinski definition) is 2. The lowest BCUT2D eigenvalue weighted by molar-refractivity contribution is -0.151. The molecule has 1 aromatic rings. The molecule has 0 spiro atoms. The second-order valence-electron chi connectivity index (χ2n) is 5.78. The molecular formula is C17H22Cl2N2O4. The van der Waals surface area contributed by atoms with Crippen LogP contribution in [0.5, 0.6) is 0 Å². The molecule has 2 amide bonds. The first-order valence-electron chi connectivity index (χ1n) is 7.95. The molecule has 0 saturated heterocycles. The Morgan fingerprint density at radius 2 is 1.88 bits per heavy atom. The van der Waals surface area contributed by atoms with Gasteiger partial charge in [0.2, 0.25) is 0 Å². The molecule has 0 bridgehead atoms. The van der Waals surface area contributed by atoms with Crippen LogP contribution in [-0.4, -0.2) is 37.0 Å². The Hall–Kier alpha value is -1.79. The van der Waals surface area contributed by atoms with Gasteiger partial charge in [0.15, 0.2) is 6.61 Å². The number of hydrogen-bond acceptors (Lipinski definition) is 4. The summed E-state index contributed by atoms with van der Waals surface area (Å²) in [7, 11) is 0. The van der Waals surface area contributed by atoms with Crippen molar-refractivity contribution in [3.05, 3.63) is 33.8 Å². The lowest BCUT2D eigenvalue weighted by atomic mass is 10.0. The smallest absolute Gasteiger partial charge is 0.329 e. The monoisotopic (exact) mass is 388 g/mol. The van der Waals surface area contributed by atoms with Gasteiger partial charge < -0.3 is 15.4 Å². The van der Waals surface area contributed by atoms with Gasteiger partial charge in [0, 0.05) is 11.6 Å². The van der Waals surface area contributed by atoms with Crippen LogP contribution >= 0.6 is 23.2 Å². The van der Waals surface area contributed by atoms with Crippen LogP contribution in [-0.2, 0) is 14.3 Å². The van der Waals surface area contributed by atoms with E-state index in [4.69, 9.17) is 27.9 Å². The highest BCUT2D eigenvalue weighted by Gasteiger charge is 2.27. The van der Waals surface area contributed by atoms with Crippen LogP contribution in [0.1, 0.15) is 37.6 Å². The third kappa shape index (κ3) is 6.92. The van der Waals surface area contributed by atoms with E-state index in [1.807, 2.05) is 6.92 Å². The fourth-order valence-corrected chi connectivity index (χ4v) is 2.43. The molecule has 8 heteroatoms. The SMILES string of the molecule is CCCNC(=O)COC(=O)[C@@H](NC(=O)c1ccc(Cl)cc1Cl)C(C)C. The van der Waals surface area contributed by atoms with Gasteiger partial charge in [-0.3, -0.25) is 9.59 Å². The predicted molar refractivity (Wildman–Crippen MR) is 96.8 cm³/mol. The van der Waals surface area contributed by atoms with Crippen molar-refractivity contribution in [1.29, 1.82) is 0 Å². The number of esters is 1. The van der Waals surface area contributed by atoms with Gasteiger partial charge in [-0.1, -0.05) is 44.0 Å². The van der Waals surface area contributed by atoms with Gasteiger partial charge in [-0.25, -0.2) is 4.79 Å². The van der Waals surface area contributed by atoms with E-state index < -0.39 is 17.9 Å². The Balaban J connectivity index is 2.71. The van der Waals surface area contributed by atoms with Crippen LogP contribution in [0.15, 0.2) is 18.2 Å². The highest BCUT2D eigenvalue weighted by Crippen LogP contribution is 2.21. The summed E-state index contributed by atoms with van der Waals surface area (Å²) in [6.45, 7) is 5.55. The summed E-state index contributed by atoms with van der Waals surface area (Å²) in [5, 5.41) is 5.77. The lowest BCUT2D eigenvalue weighted by Crippen LogP contribution is -2.46. The van der Waals surface area contributed by atoms with Gasteiger partial charge in [-0.05, 0) is 30.5 Å². The average molecular weight is 389 g/mol. The average Bonchev–Trinajstić information content (AvgIpc) is 2.55. The van der Waals surface area contributed by atoms with Crippen molar-refractivity contribution >= 4 is 41.0 Å². The van der Waals surface area contributed by atoms with Gasteiger partial charge in [-0.2, -0.15) is 0 Å². The predicted octanol–water partition coefficient (Wildman–Crippen LogP) is 2.82. The lowest BCUT2D eigenvalue weighted by Gasteiger charge is -2.21. The molecule has 0 radical (unpaired) electrons. The Kier molecular flexibility index (Phi) is 8.72. The number of nitrogens with one attached hydrogen (secondary N) is 2. The highest BCUT2D eigenvalue weighted by atomic mass is 35.5. The van der Waals surface area contributed by atoms with Gasteiger partial charge in [-0.15, -0.1) is 0 Å². The zero-order valence-corrected chi connectivity index (χ0v) is 15.9. The highest BCUT2D eigenvalue weighted by molar-refractivity contribution is 6.36. The van der Waals surface area contributed by atoms with Crippen molar-refractivity contribution in [2.75, 3.05) is 13.2 Å². The minimum atomic E-state index is -0.904. The minimum absolute atomic E-state index is 0.180. The Morgan fingerprint density at radius 3 is 2.44 bits per heavy atom. The molecule has 25 heavy (non-hydrogen) atoms. The van der Waals surface area contributed by atoms with E-state index in [0.29, 0.717) is 11.6 Å². The molecule has 1 rings (SSSR count). The number of amides is 2. The zero-order valence-electron chi connectivity index (χ0n) is 14.4. The summed E-state index contributed by atoms with van der Waals surface area (Å²) < 4.78 is 4.99. The first-order chi connectivity index (χ1) is 11.8. The maximum atomic E-state index is 12.3. The number of ether oxygens (including phenoxy) is 1. The molecule has 2 N–H and O–H groups in total. The summed E-state index contributed by atoms with van der Waals surface area (Å²) in [6.07, 6.45) is 0.784. The van der Waals surface area contributed by atoms with E-state index in [9.17, 15) is 14.4 Å². The van der Waals surface area contributed by atoms with E-state index in [2.05, 4.69) is 10.6 Å². The number of carbonyl (C=O) groups excluding carboxylic acids is 3. The summed E-state index contributed by atoms with van der Waals surface area (Å²) in [4.78, 5) is 36.1. The molecule has 0 fully saturated rings. The van der Waals surface area contributed by atoms with E-state index in [-0.39, 0.29) is 29.0 Å². The number of carbonyl (C=O) groups is 3. The Labute approximate surface area is 157 Å². The Bertz CT molecular complexity index is 635. The maximum Gasteiger partial charge on any atom is 0.329 e. The molecule has 1 atom stereocenters. The number of benzene rings is 1. The minimum Gasteiger partial charge on any atom is -0.454 e. The van der Waals surface area contributed by atoms with Gasteiger partial charge in [0.25, 0.3) is 11.8 Å². The van der Waals surface area contributed by atoms with Crippen molar-refractivity contribution in [3.8, 4) is 0 Å². The van der Waals surface area contributed by atoms with Crippen molar-refractivity contribution < 1.29 is 19.1 Å². The molecule has 138 valence electrons. The topological polar surface area (TPSA) is 84.5 Å². The van der Waals surface area contributed by atoms with Crippen molar-refractivity contribution in [2.45, 2.75) is 33.2 Å². The standard InChI is InChI=1S/C17H22Cl2N2O4/c1-4-7-20-14(22)9-25-17(24)15(10(2)3)21-16(23)12-6-5-11(18)8-13(12)19/h5-6,8,10,15H,4,7,9H2,1-3H3,(H,20,22)(H,21,23)/t15-/m0/s1. The molecule has 0 aromatic heterocycles. The van der Waals surface area contributed by atoms with Crippen LogP contribution in [0.3, 0.4) is 0 Å². The molecule has 0 aliphatic carbocycles. The largest absolute Gasteiger partial charge is 0.454 e. The van der Waals surface area contributed by atoms with E-state index in [1.54, 1.807) is 13.8 Å². The van der Waals surface area contributed by atoms with Crippen molar-refractivity contribution in [3.63, 3.8) is 0 Å². The molecule has 0 saturated carbocycles. The molecule has 0 aliphatic rings. The molecule has 1 aromatic carbocycles. The van der Waals surface area contributed by atoms with Crippen molar-refractivity contribution in [2.24, 2.45) is 5.92 Å². The van der Waals surface area contributed by atoms with Gasteiger partial charge in [0.1, 0.15) is 6.04 Å². The van der Waals surface area contributed by atoms with Crippen molar-refractivity contribution in [1.82, 2.24) is 10.6 Å². The van der Waals surface area contributed by atoms with Crippen LogP contribution in [0.25, 0.3) is 0 Å². The Morgan fingerprint density at radius 1 is 1.20 bits per heavy atom. The molecule has 0 unspecified atom stereocenters. The van der Waals surface area contributed by atoms with E-state index in [0.717, 1.165) is 6.42 Å². The number of rotatable bonds is 8. The third-order valence-corrected chi connectivity index (χ3v) is 3.85. The van der Waals surface area contributed by atoms with Gasteiger partial charge in [0.05, 0.1) is 10.6 Å². The molecule has 0 aliphatic heterocycles. The third-order valence-electron chi connectivity index (χ3n) is 3.30. The first-order valence-corrected chi connectivity index (χ1v) is 8.71. The summed E-state index contributed by atoms with van der Waals surface area (Å²) in [5.41, 5.74) is 0.199. The summed E-state index contributed by atoms with van der Waals surface area (Å²) in [5.74, 6) is -1.82. The quantitative estimate of drug-likeness (QED) is 0.670. The second kappa shape index (κ2) is 10.3. The molecule has 6 nitrogen and oxygen atoms in total. The van der Waals surface area contributed by atoms with E-state index in [1.165, 1.54) is 18.2 Å². The first kappa shape index (κ1) is 21.3. The summed E-state index contributed by atoms with van der Waals surface area (Å²) in [6, 6.07) is 3.54. The maximum absolute atomic E-state index is 12.3. The fourth-order valence-electron chi connectivity index (χ4n) is 1.93. The van der Waals surface area contributed by atoms with Crippen LogP contribution < -0.4 is 10.6 Å². The fraction of sp³-hybridized carbons (Fsp3) is 0.471.